The minimum absolute atomic E-state index is 0.0189. The minimum Gasteiger partial charge on any atom is -0.486 e. The standard InChI is InChI=1S/C24H26N2O5S/c1-29-24(28)23-20(25-16-22(27)26-11-13-30-14-12-26)15-21(32-23)17-7-9-19(10-8-17)31-18-5-3-2-4-6-18/h2-9,15,19,25H,10-14,16H2,1H3. The molecule has 1 aromatic carbocycles. The van der Waals surface area contributed by atoms with Gasteiger partial charge in [-0.15, -0.1) is 11.3 Å². The molecular formula is C24H26N2O5S. The summed E-state index contributed by atoms with van der Waals surface area (Å²) in [4.78, 5) is 27.9. The molecule has 1 fully saturated rings. The van der Waals surface area contributed by atoms with Crippen molar-refractivity contribution >= 4 is 34.5 Å². The van der Waals surface area contributed by atoms with Gasteiger partial charge in [0, 0.05) is 24.4 Å². The summed E-state index contributed by atoms with van der Waals surface area (Å²) in [7, 11) is 1.36. The van der Waals surface area contributed by atoms with Crippen LogP contribution < -0.4 is 10.1 Å². The van der Waals surface area contributed by atoms with E-state index in [2.05, 4.69) is 11.4 Å². The highest BCUT2D eigenvalue weighted by atomic mass is 32.1. The van der Waals surface area contributed by atoms with Gasteiger partial charge in [0.15, 0.2) is 0 Å². The molecule has 0 saturated carbocycles. The molecule has 1 aromatic heterocycles. The first-order valence-corrected chi connectivity index (χ1v) is 11.4. The fourth-order valence-corrected chi connectivity index (χ4v) is 4.62. The molecular weight excluding hydrogens is 428 g/mol. The molecule has 1 N–H and O–H groups in total. The molecule has 32 heavy (non-hydrogen) atoms. The third kappa shape index (κ3) is 5.38. The van der Waals surface area contributed by atoms with Crippen molar-refractivity contribution in [3.8, 4) is 5.75 Å². The number of methoxy groups -OCH3 is 1. The number of anilines is 1. The third-order valence-corrected chi connectivity index (χ3v) is 6.44. The highest BCUT2D eigenvalue weighted by molar-refractivity contribution is 7.15. The summed E-state index contributed by atoms with van der Waals surface area (Å²) in [6, 6.07) is 11.6. The lowest BCUT2D eigenvalue weighted by Gasteiger charge is -2.27. The normalized spacial score (nSPS) is 18.1. The molecule has 168 valence electrons. The van der Waals surface area contributed by atoms with Crippen molar-refractivity contribution in [3.05, 3.63) is 64.4 Å². The summed E-state index contributed by atoms with van der Waals surface area (Å²) in [6.07, 6.45) is 6.82. The number of amides is 1. The number of allylic oxidation sites excluding steroid dienone is 2. The molecule has 1 aliphatic carbocycles. The molecule has 0 spiro atoms. The van der Waals surface area contributed by atoms with Gasteiger partial charge in [-0.2, -0.15) is 0 Å². The van der Waals surface area contributed by atoms with Crippen LogP contribution in [-0.4, -0.2) is 62.8 Å². The van der Waals surface area contributed by atoms with Gasteiger partial charge in [0.25, 0.3) is 0 Å². The van der Waals surface area contributed by atoms with Crippen molar-refractivity contribution in [3.63, 3.8) is 0 Å². The molecule has 1 amide bonds. The Morgan fingerprint density at radius 3 is 2.69 bits per heavy atom. The van der Waals surface area contributed by atoms with Crippen LogP contribution in [-0.2, 0) is 14.3 Å². The lowest BCUT2D eigenvalue weighted by atomic mass is 10.0. The van der Waals surface area contributed by atoms with Crippen LogP contribution in [0.2, 0.25) is 0 Å². The van der Waals surface area contributed by atoms with Crippen LogP contribution in [0, 0.1) is 0 Å². The Hall–Kier alpha value is -3.10. The second-order valence-corrected chi connectivity index (χ2v) is 8.47. The zero-order valence-electron chi connectivity index (χ0n) is 17.9. The summed E-state index contributed by atoms with van der Waals surface area (Å²) in [5.74, 6) is 0.391. The lowest BCUT2D eigenvalue weighted by molar-refractivity contribution is -0.133. The van der Waals surface area contributed by atoms with Crippen molar-refractivity contribution in [2.45, 2.75) is 12.5 Å². The van der Waals surface area contributed by atoms with E-state index in [0.717, 1.165) is 22.6 Å². The third-order valence-electron chi connectivity index (χ3n) is 5.27. The maximum Gasteiger partial charge on any atom is 0.350 e. The number of nitrogens with zero attached hydrogens (tertiary/aromatic N) is 1. The van der Waals surface area contributed by atoms with Gasteiger partial charge < -0.3 is 24.4 Å². The maximum absolute atomic E-state index is 12.5. The summed E-state index contributed by atoms with van der Waals surface area (Å²) in [5.41, 5.74) is 1.62. The van der Waals surface area contributed by atoms with Gasteiger partial charge in [-0.25, -0.2) is 4.79 Å². The first-order valence-electron chi connectivity index (χ1n) is 10.6. The van der Waals surface area contributed by atoms with Gasteiger partial charge in [0.05, 0.1) is 32.6 Å². The number of hydrogen-bond donors (Lipinski definition) is 1. The number of carbonyl (C=O) groups is 2. The molecule has 2 aromatic rings. The Labute approximate surface area is 191 Å². The van der Waals surface area contributed by atoms with Crippen LogP contribution in [0.25, 0.3) is 5.57 Å². The molecule has 1 atom stereocenters. The van der Waals surface area contributed by atoms with Crippen LogP contribution in [0.3, 0.4) is 0 Å². The topological polar surface area (TPSA) is 77.1 Å². The lowest BCUT2D eigenvalue weighted by Crippen LogP contribution is -2.43. The van der Waals surface area contributed by atoms with E-state index in [9.17, 15) is 9.59 Å². The maximum atomic E-state index is 12.5. The van der Waals surface area contributed by atoms with Gasteiger partial charge in [0.2, 0.25) is 5.91 Å². The molecule has 2 aliphatic rings. The molecule has 0 bridgehead atoms. The van der Waals surface area contributed by atoms with Crippen molar-refractivity contribution in [2.75, 3.05) is 45.3 Å². The predicted molar refractivity (Wildman–Crippen MR) is 124 cm³/mol. The van der Waals surface area contributed by atoms with Crippen LogP contribution in [0.4, 0.5) is 5.69 Å². The van der Waals surface area contributed by atoms with Crippen LogP contribution in [0.1, 0.15) is 21.0 Å². The van der Waals surface area contributed by atoms with Gasteiger partial charge in [-0.3, -0.25) is 4.79 Å². The Morgan fingerprint density at radius 2 is 2.00 bits per heavy atom. The number of morpholine rings is 1. The van der Waals surface area contributed by atoms with Crippen molar-refractivity contribution in [2.24, 2.45) is 0 Å². The van der Waals surface area contributed by atoms with Gasteiger partial charge in [0.1, 0.15) is 16.7 Å². The predicted octanol–water partition coefficient (Wildman–Crippen LogP) is 3.60. The summed E-state index contributed by atoms with van der Waals surface area (Å²) in [6.45, 7) is 2.39. The number of para-hydroxylation sites is 1. The molecule has 1 saturated heterocycles. The molecule has 1 unspecified atom stereocenters. The molecule has 8 heteroatoms. The van der Waals surface area contributed by atoms with E-state index in [1.165, 1.54) is 18.4 Å². The zero-order valence-corrected chi connectivity index (χ0v) is 18.7. The Morgan fingerprint density at radius 1 is 1.22 bits per heavy atom. The number of nitrogens with one attached hydrogen (secondary N) is 1. The molecule has 0 radical (unpaired) electrons. The van der Waals surface area contributed by atoms with E-state index in [1.807, 2.05) is 48.6 Å². The fraction of sp³-hybridized carbons (Fsp3) is 0.333. The fourth-order valence-electron chi connectivity index (χ4n) is 3.55. The van der Waals surface area contributed by atoms with Gasteiger partial charge in [-0.1, -0.05) is 30.4 Å². The van der Waals surface area contributed by atoms with Crippen LogP contribution in [0.15, 0.2) is 54.6 Å². The Bertz CT molecular complexity index is 1010. The minimum atomic E-state index is -0.423. The first-order chi connectivity index (χ1) is 15.6. The van der Waals surface area contributed by atoms with Gasteiger partial charge >= 0.3 is 5.97 Å². The molecule has 2 heterocycles. The van der Waals surface area contributed by atoms with E-state index >= 15 is 0 Å². The van der Waals surface area contributed by atoms with E-state index in [4.69, 9.17) is 14.2 Å². The highest BCUT2D eigenvalue weighted by Gasteiger charge is 2.22. The molecule has 7 nitrogen and oxygen atoms in total. The van der Waals surface area contributed by atoms with E-state index in [1.54, 1.807) is 4.90 Å². The van der Waals surface area contributed by atoms with Crippen molar-refractivity contribution < 1.29 is 23.8 Å². The summed E-state index contributed by atoms with van der Waals surface area (Å²) < 4.78 is 16.2. The second-order valence-electron chi connectivity index (χ2n) is 7.42. The monoisotopic (exact) mass is 454 g/mol. The number of carbonyl (C=O) groups excluding carboxylic acids is 2. The molecule has 4 rings (SSSR count). The molecule has 1 aliphatic heterocycles. The average Bonchev–Trinajstić information content (AvgIpc) is 3.28. The summed E-state index contributed by atoms with van der Waals surface area (Å²) >= 11 is 1.35. The SMILES string of the molecule is COC(=O)c1sc(C2=CCC(Oc3ccccc3)C=C2)cc1NCC(=O)N1CCOCC1. The number of ether oxygens (including phenoxy) is 3. The zero-order chi connectivity index (χ0) is 22.3. The van der Waals surface area contributed by atoms with Gasteiger partial charge in [-0.05, 0) is 29.8 Å². The van der Waals surface area contributed by atoms with Crippen LogP contribution in [0.5, 0.6) is 5.75 Å². The Balaban J connectivity index is 1.43. The highest BCUT2D eigenvalue weighted by Crippen LogP contribution is 2.35. The number of thiophene rings is 1. The van der Waals surface area contributed by atoms with E-state index < -0.39 is 5.97 Å². The van der Waals surface area contributed by atoms with E-state index in [-0.39, 0.29) is 18.6 Å². The first kappa shape index (κ1) is 22.1. The average molecular weight is 455 g/mol. The number of rotatable bonds is 7. The summed E-state index contributed by atoms with van der Waals surface area (Å²) in [5, 5.41) is 3.13. The largest absolute Gasteiger partial charge is 0.486 e. The number of esters is 1. The second kappa shape index (κ2) is 10.5. The Kier molecular flexibility index (Phi) is 7.24. The number of hydrogen-bond acceptors (Lipinski definition) is 7. The number of benzene rings is 1. The van der Waals surface area contributed by atoms with Crippen LogP contribution >= 0.6 is 11.3 Å². The van der Waals surface area contributed by atoms with E-state index in [0.29, 0.717) is 36.9 Å². The van der Waals surface area contributed by atoms with Crippen molar-refractivity contribution in [1.29, 1.82) is 0 Å². The van der Waals surface area contributed by atoms with Crippen molar-refractivity contribution in [1.82, 2.24) is 4.90 Å². The smallest absolute Gasteiger partial charge is 0.350 e. The quantitative estimate of drug-likeness (QED) is 0.645.